The van der Waals surface area contributed by atoms with Gasteiger partial charge in [0.1, 0.15) is 18.2 Å². The Morgan fingerprint density at radius 1 is 1.13 bits per heavy atom. The summed E-state index contributed by atoms with van der Waals surface area (Å²) in [5, 5.41) is 3.53. The van der Waals surface area contributed by atoms with E-state index in [9.17, 15) is 4.39 Å². The van der Waals surface area contributed by atoms with Crippen LogP contribution in [0.5, 0.6) is 5.75 Å². The highest BCUT2D eigenvalue weighted by Gasteiger charge is 2.15. The van der Waals surface area contributed by atoms with E-state index in [4.69, 9.17) is 4.74 Å². The second-order valence-corrected chi connectivity index (χ2v) is 7.14. The highest BCUT2D eigenvalue weighted by Crippen LogP contribution is 2.25. The Kier molecular flexibility index (Phi) is 6.19. The molecule has 2 rings (SSSR count). The van der Waals surface area contributed by atoms with Gasteiger partial charge < -0.3 is 10.1 Å². The maximum Gasteiger partial charge on any atom is 0.129 e. The lowest BCUT2D eigenvalue weighted by Gasteiger charge is -2.25. The summed E-state index contributed by atoms with van der Waals surface area (Å²) in [5.41, 5.74) is 1.67. The van der Waals surface area contributed by atoms with Crippen LogP contribution in [0.2, 0.25) is 0 Å². The van der Waals surface area contributed by atoms with E-state index in [1.54, 1.807) is 12.1 Å². The summed E-state index contributed by atoms with van der Waals surface area (Å²) in [7, 11) is 0. The average Bonchev–Trinajstić information content (AvgIpc) is 2.53. The molecule has 0 spiro atoms. The van der Waals surface area contributed by atoms with Crippen molar-refractivity contribution in [2.24, 2.45) is 0 Å². The van der Waals surface area contributed by atoms with Gasteiger partial charge in [-0.1, -0.05) is 41.1 Å². The van der Waals surface area contributed by atoms with Crippen LogP contribution >= 0.6 is 15.9 Å². The summed E-state index contributed by atoms with van der Waals surface area (Å²) in [5.74, 6) is 0.534. The van der Waals surface area contributed by atoms with Crippen LogP contribution in [0.15, 0.2) is 46.9 Å². The number of ether oxygens (including phenoxy) is 1. The maximum atomic E-state index is 13.7. The fourth-order valence-electron chi connectivity index (χ4n) is 2.06. The Hall–Kier alpha value is -1.39. The molecule has 0 aliphatic rings. The van der Waals surface area contributed by atoms with Gasteiger partial charge in [-0.25, -0.2) is 4.39 Å². The predicted molar refractivity (Wildman–Crippen MR) is 96.1 cm³/mol. The third-order valence-electron chi connectivity index (χ3n) is 4.00. The van der Waals surface area contributed by atoms with Gasteiger partial charge >= 0.3 is 0 Å². The van der Waals surface area contributed by atoms with Crippen molar-refractivity contribution in [2.45, 2.75) is 45.9 Å². The summed E-state index contributed by atoms with van der Waals surface area (Å²) in [6, 6.07) is 12.6. The molecule has 4 heteroatoms. The van der Waals surface area contributed by atoms with Crippen LogP contribution in [0, 0.1) is 5.82 Å². The first-order valence-corrected chi connectivity index (χ1v) is 8.60. The first-order chi connectivity index (χ1) is 10.9. The van der Waals surface area contributed by atoms with Crippen molar-refractivity contribution in [3.05, 3.63) is 63.9 Å². The van der Waals surface area contributed by atoms with E-state index in [2.05, 4.69) is 42.0 Å². The van der Waals surface area contributed by atoms with Gasteiger partial charge in [0.05, 0.1) is 0 Å². The lowest BCUT2D eigenvalue weighted by molar-refractivity contribution is 0.293. The van der Waals surface area contributed by atoms with Crippen LogP contribution in [0.25, 0.3) is 0 Å². The predicted octanol–water partition coefficient (Wildman–Crippen LogP) is 5.45. The normalized spacial score (nSPS) is 11.5. The summed E-state index contributed by atoms with van der Waals surface area (Å²) in [6.45, 7) is 7.42. The summed E-state index contributed by atoms with van der Waals surface area (Å²) >= 11 is 3.50. The lowest BCUT2D eigenvalue weighted by Crippen LogP contribution is -2.37. The van der Waals surface area contributed by atoms with Crippen LogP contribution < -0.4 is 10.1 Å². The molecular weight excluding hydrogens is 357 g/mol. The third-order valence-corrected chi connectivity index (χ3v) is 4.50. The second-order valence-electron chi connectivity index (χ2n) is 6.22. The number of hydrogen-bond acceptors (Lipinski definition) is 2. The van der Waals surface area contributed by atoms with E-state index in [1.165, 1.54) is 6.07 Å². The van der Waals surface area contributed by atoms with Crippen LogP contribution in [-0.4, -0.2) is 5.54 Å². The minimum absolute atomic E-state index is 0.0606. The molecule has 0 amide bonds. The molecule has 124 valence electrons. The van der Waals surface area contributed by atoms with Gasteiger partial charge in [-0.05, 0) is 44.5 Å². The van der Waals surface area contributed by atoms with Gasteiger partial charge in [-0.15, -0.1) is 0 Å². The highest BCUT2D eigenvalue weighted by molar-refractivity contribution is 9.10. The van der Waals surface area contributed by atoms with Crippen LogP contribution in [0.4, 0.5) is 4.39 Å². The molecule has 0 fully saturated rings. The van der Waals surface area contributed by atoms with E-state index in [1.807, 2.05) is 24.3 Å². The minimum atomic E-state index is -0.239. The minimum Gasteiger partial charge on any atom is -0.488 e. The molecule has 0 saturated heterocycles. The van der Waals surface area contributed by atoms with Crippen molar-refractivity contribution in [3.63, 3.8) is 0 Å². The maximum absolute atomic E-state index is 13.7. The van der Waals surface area contributed by atoms with E-state index >= 15 is 0 Å². The van der Waals surface area contributed by atoms with Gasteiger partial charge in [0.25, 0.3) is 0 Å². The number of benzene rings is 2. The van der Waals surface area contributed by atoms with Gasteiger partial charge in [0, 0.05) is 27.7 Å². The fourth-order valence-corrected chi connectivity index (χ4v) is 2.47. The molecule has 0 aromatic heterocycles. The smallest absolute Gasteiger partial charge is 0.129 e. The first kappa shape index (κ1) is 18.0. The first-order valence-electron chi connectivity index (χ1n) is 7.81. The van der Waals surface area contributed by atoms with Crippen molar-refractivity contribution in [1.82, 2.24) is 5.32 Å². The topological polar surface area (TPSA) is 21.3 Å². The summed E-state index contributed by atoms with van der Waals surface area (Å²) in [6.07, 6.45) is 1.03. The van der Waals surface area contributed by atoms with Crippen molar-refractivity contribution >= 4 is 15.9 Å². The molecule has 0 bridgehead atoms. The van der Waals surface area contributed by atoms with Gasteiger partial charge in [-0.2, -0.15) is 0 Å². The highest BCUT2D eigenvalue weighted by atomic mass is 79.9. The van der Waals surface area contributed by atoms with E-state index in [0.717, 1.165) is 22.2 Å². The number of hydrogen-bond donors (Lipinski definition) is 1. The molecule has 1 N–H and O–H groups in total. The summed E-state index contributed by atoms with van der Waals surface area (Å²) in [4.78, 5) is 0. The molecule has 2 aromatic rings. The Balaban J connectivity index is 2.10. The van der Waals surface area contributed by atoms with Gasteiger partial charge in [0.15, 0.2) is 0 Å². The molecule has 0 heterocycles. The van der Waals surface area contributed by atoms with Crippen LogP contribution in [0.3, 0.4) is 0 Å². The van der Waals surface area contributed by atoms with Gasteiger partial charge in [0.2, 0.25) is 0 Å². The van der Waals surface area contributed by atoms with E-state index in [-0.39, 0.29) is 18.0 Å². The number of nitrogens with one attached hydrogen (secondary N) is 1. The molecule has 0 unspecified atom stereocenters. The largest absolute Gasteiger partial charge is 0.488 e. The molecular formula is C19H23BrFNO. The molecule has 0 saturated carbocycles. The average molecular weight is 380 g/mol. The molecule has 0 radical (unpaired) electrons. The van der Waals surface area contributed by atoms with Crippen LogP contribution in [-0.2, 0) is 13.2 Å². The Bertz CT molecular complexity index is 658. The number of rotatable bonds is 7. The van der Waals surface area contributed by atoms with E-state index < -0.39 is 0 Å². The molecule has 2 aromatic carbocycles. The molecule has 0 aliphatic heterocycles. The zero-order chi connectivity index (χ0) is 16.9. The quantitative estimate of drug-likeness (QED) is 0.690. The second kappa shape index (κ2) is 7.93. The molecule has 0 aliphatic carbocycles. The van der Waals surface area contributed by atoms with E-state index in [0.29, 0.717) is 12.1 Å². The molecule has 0 atom stereocenters. The molecule has 23 heavy (non-hydrogen) atoms. The molecule has 2 nitrogen and oxygen atoms in total. The van der Waals surface area contributed by atoms with Crippen molar-refractivity contribution in [3.8, 4) is 5.75 Å². The Morgan fingerprint density at radius 3 is 2.57 bits per heavy atom. The van der Waals surface area contributed by atoms with Gasteiger partial charge in [-0.3, -0.25) is 0 Å². The summed E-state index contributed by atoms with van der Waals surface area (Å²) < 4.78 is 20.6. The monoisotopic (exact) mass is 379 g/mol. The zero-order valence-electron chi connectivity index (χ0n) is 13.8. The zero-order valence-corrected chi connectivity index (χ0v) is 15.4. The Labute approximate surface area is 146 Å². The third kappa shape index (κ3) is 5.33. The number of halogens is 2. The Morgan fingerprint density at radius 2 is 1.87 bits per heavy atom. The lowest BCUT2D eigenvalue weighted by atomic mass is 10.0. The van der Waals surface area contributed by atoms with Crippen molar-refractivity contribution in [2.75, 3.05) is 0 Å². The van der Waals surface area contributed by atoms with Crippen molar-refractivity contribution < 1.29 is 9.13 Å². The fraction of sp³-hybridized carbons (Fsp3) is 0.368. The van der Waals surface area contributed by atoms with Crippen molar-refractivity contribution in [1.29, 1.82) is 0 Å². The van der Waals surface area contributed by atoms with Crippen LogP contribution in [0.1, 0.15) is 38.3 Å². The SMILES string of the molecule is CCC(C)(C)NCc1cc(Br)ccc1OCc1ccccc1F. The standard InChI is InChI=1S/C19H23BrFNO/c1-4-19(2,3)22-12-15-11-16(20)9-10-18(15)23-13-14-7-5-6-8-17(14)21/h5-11,22H,4,12-13H2,1-3H3.